The van der Waals surface area contributed by atoms with Gasteiger partial charge in [0.15, 0.2) is 0 Å². The third-order valence-corrected chi connectivity index (χ3v) is 3.25. The first-order valence-corrected chi connectivity index (χ1v) is 7.22. The quantitative estimate of drug-likeness (QED) is 0.881. The molecule has 0 radical (unpaired) electrons. The summed E-state index contributed by atoms with van der Waals surface area (Å²) in [4.78, 5) is 11.8. The molecule has 0 aliphatic heterocycles. The van der Waals surface area contributed by atoms with Gasteiger partial charge in [0, 0.05) is 17.0 Å². The Hall–Kier alpha value is -1.66. The van der Waals surface area contributed by atoms with Gasteiger partial charge in [0.25, 0.3) is 0 Å². The minimum absolute atomic E-state index is 0.0494. The molecule has 0 bridgehead atoms. The van der Waals surface area contributed by atoms with Crippen molar-refractivity contribution in [1.82, 2.24) is 9.78 Å². The lowest BCUT2D eigenvalue weighted by Crippen LogP contribution is -2.16. The van der Waals surface area contributed by atoms with Crippen molar-refractivity contribution in [3.05, 3.63) is 40.5 Å². The number of aromatic nitrogens is 2. The summed E-state index contributed by atoms with van der Waals surface area (Å²) in [6.07, 6.45) is 1.09. The van der Waals surface area contributed by atoms with Gasteiger partial charge in [-0.1, -0.05) is 22.0 Å². The molecule has 0 saturated carbocycles. The Labute approximate surface area is 126 Å². The number of carbonyl (C=O) groups is 1. The maximum atomic E-state index is 11.8. The first-order valence-electron chi connectivity index (χ1n) is 6.42. The summed E-state index contributed by atoms with van der Waals surface area (Å²) in [5.41, 5.74) is 7.15. The molecule has 0 aliphatic carbocycles. The van der Waals surface area contributed by atoms with Crippen LogP contribution in [0.1, 0.15) is 18.5 Å². The Morgan fingerprint density at radius 3 is 2.95 bits per heavy atom. The predicted octanol–water partition coefficient (Wildman–Crippen LogP) is 2.62. The lowest BCUT2D eigenvalue weighted by molar-refractivity contribution is -0.116. The molecule has 0 spiro atoms. The number of halogens is 1. The Morgan fingerprint density at radius 2 is 2.25 bits per heavy atom. The van der Waals surface area contributed by atoms with Gasteiger partial charge < -0.3 is 11.1 Å². The molecule has 1 aromatic heterocycles. The molecule has 3 N–H and O–H groups in total. The van der Waals surface area contributed by atoms with Crippen LogP contribution in [0.2, 0.25) is 0 Å². The smallest absolute Gasteiger partial charge is 0.225 e. The number of anilines is 1. The fourth-order valence-electron chi connectivity index (χ4n) is 1.86. The van der Waals surface area contributed by atoms with Crippen molar-refractivity contribution < 1.29 is 4.79 Å². The van der Waals surface area contributed by atoms with Crippen molar-refractivity contribution in [2.24, 2.45) is 5.73 Å². The molecule has 0 aliphatic rings. The number of carbonyl (C=O) groups excluding carboxylic acids is 1. The molecule has 0 saturated heterocycles. The van der Waals surface area contributed by atoms with Gasteiger partial charge in [-0.25, -0.2) is 4.68 Å². The SMILES string of the molecule is Cc1cc(NC(=O)CCCN)n(-c2cccc(Br)c2)n1. The third-order valence-electron chi connectivity index (χ3n) is 2.76. The summed E-state index contributed by atoms with van der Waals surface area (Å²) >= 11 is 3.43. The number of nitrogens with zero attached hydrogens (tertiary/aromatic N) is 2. The van der Waals surface area contributed by atoms with E-state index in [1.807, 2.05) is 37.3 Å². The molecule has 20 heavy (non-hydrogen) atoms. The van der Waals surface area contributed by atoms with E-state index in [9.17, 15) is 4.79 Å². The Morgan fingerprint density at radius 1 is 1.45 bits per heavy atom. The molecule has 0 atom stereocenters. The van der Waals surface area contributed by atoms with Crippen LogP contribution in [0.25, 0.3) is 5.69 Å². The molecule has 0 unspecified atom stereocenters. The van der Waals surface area contributed by atoms with Crippen molar-refractivity contribution >= 4 is 27.7 Å². The Balaban J connectivity index is 2.24. The van der Waals surface area contributed by atoms with Crippen molar-refractivity contribution in [3.63, 3.8) is 0 Å². The monoisotopic (exact) mass is 336 g/mol. The second-order valence-corrected chi connectivity index (χ2v) is 5.42. The van der Waals surface area contributed by atoms with E-state index in [1.165, 1.54) is 0 Å². The van der Waals surface area contributed by atoms with E-state index >= 15 is 0 Å². The van der Waals surface area contributed by atoms with E-state index in [2.05, 4.69) is 26.3 Å². The van der Waals surface area contributed by atoms with Crippen LogP contribution >= 0.6 is 15.9 Å². The van der Waals surface area contributed by atoms with Crippen LogP contribution in [-0.4, -0.2) is 22.2 Å². The summed E-state index contributed by atoms with van der Waals surface area (Å²) in [5, 5.41) is 7.29. The molecule has 0 fully saturated rings. The summed E-state index contributed by atoms with van der Waals surface area (Å²) in [6, 6.07) is 9.60. The van der Waals surface area contributed by atoms with E-state index in [1.54, 1.807) is 4.68 Å². The number of aryl methyl sites for hydroxylation is 1. The van der Waals surface area contributed by atoms with Crippen LogP contribution < -0.4 is 11.1 Å². The Kier molecular flexibility index (Phi) is 4.92. The molecular formula is C14H17BrN4O. The number of amides is 1. The van der Waals surface area contributed by atoms with Gasteiger partial charge in [-0.2, -0.15) is 5.10 Å². The highest BCUT2D eigenvalue weighted by molar-refractivity contribution is 9.10. The first kappa shape index (κ1) is 14.7. The van der Waals surface area contributed by atoms with Crippen LogP contribution in [0.3, 0.4) is 0 Å². The second kappa shape index (κ2) is 6.67. The lowest BCUT2D eigenvalue weighted by atomic mass is 10.3. The molecule has 1 amide bonds. The van der Waals surface area contributed by atoms with Gasteiger partial charge in [-0.05, 0) is 38.1 Å². The standard InChI is InChI=1S/C14H17BrN4O/c1-10-8-13(17-14(20)6-3-7-16)19(18-10)12-5-2-4-11(15)9-12/h2,4-5,8-9H,3,6-7,16H2,1H3,(H,17,20). The predicted molar refractivity (Wildman–Crippen MR) is 82.9 cm³/mol. The molecule has 106 valence electrons. The highest BCUT2D eigenvalue weighted by Gasteiger charge is 2.10. The number of nitrogens with one attached hydrogen (secondary N) is 1. The first-order chi connectivity index (χ1) is 9.60. The zero-order valence-electron chi connectivity index (χ0n) is 11.3. The van der Waals surface area contributed by atoms with Gasteiger partial charge >= 0.3 is 0 Å². The van der Waals surface area contributed by atoms with Crippen molar-refractivity contribution in [2.75, 3.05) is 11.9 Å². The molecular weight excluding hydrogens is 320 g/mol. The number of hydrogen-bond acceptors (Lipinski definition) is 3. The van der Waals surface area contributed by atoms with E-state index in [4.69, 9.17) is 5.73 Å². The topological polar surface area (TPSA) is 72.9 Å². The van der Waals surface area contributed by atoms with Gasteiger partial charge in [-0.3, -0.25) is 4.79 Å². The highest BCUT2D eigenvalue weighted by atomic mass is 79.9. The van der Waals surface area contributed by atoms with Crippen molar-refractivity contribution in [2.45, 2.75) is 19.8 Å². The molecule has 1 heterocycles. The largest absolute Gasteiger partial charge is 0.330 e. The molecule has 5 nitrogen and oxygen atoms in total. The normalized spacial score (nSPS) is 10.6. The maximum absolute atomic E-state index is 11.8. The molecule has 1 aromatic carbocycles. The summed E-state index contributed by atoms with van der Waals surface area (Å²) < 4.78 is 2.68. The summed E-state index contributed by atoms with van der Waals surface area (Å²) in [7, 11) is 0. The van der Waals surface area contributed by atoms with E-state index in [-0.39, 0.29) is 5.91 Å². The minimum Gasteiger partial charge on any atom is -0.330 e. The van der Waals surface area contributed by atoms with E-state index < -0.39 is 0 Å². The van der Waals surface area contributed by atoms with E-state index in [0.29, 0.717) is 25.2 Å². The number of nitrogens with two attached hydrogens (primary N) is 1. The van der Waals surface area contributed by atoms with Gasteiger partial charge in [0.2, 0.25) is 5.91 Å². The number of benzene rings is 1. The van der Waals surface area contributed by atoms with Crippen LogP contribution in [0.4, 0.5) is 5.82 Å². The van der Waals surface area contributed by atoms with Gasteiger partial charge in [0.1, 0.15) is 5.82 Å². The van der Waals surface area contributed by atoms with Crippen LogP contribution in [0.5, 0.6) is 0 Å². The van der Waals surface area contributed by atoms with Gasteiger partial charge in [0.05, 0.1) is 11.4 Å². The van der Waals surface area contributed by atoms with Crippen molar-refractivity contribution in [3.8, 4) is 5.69 Å². The highest BCUT2D eigenvalue weighted by Crippen LogP contribution is 2.20. The minimum atomic E-state index is -0.0494. The van der Waals surface area contributed by atoms with E-state index in [0.717, 1.165) is 15.9 Å². The second-order valence-electron chi connectivity index (χ2n) is 4.50. The molecule has 2 aromatic rings. The number of rotatable bonds is 5. The van der Waals surface area contributed by atoms with Crippen molar-refractivity contribution in [1.29, 1.82) is 0 Å². The van der Waals surface area contributed by atoms with Crippen LogP contribution in [-0.2, 0) is 4.79 Å². The number of hydrogen-bond donors (Lipinski definition) is 2. The lowest BCUT2D eigenvalue weighted by Gasteiger charge is -2.09. The zero-order chi connectivity index (χ0) is 14.5. The average Bonchev–Trinajstić information content (AvgIpc) is 2.77. The molecule has 6 heteroatoms. The van der Waals surface area contributed by atoms with Crippen LogP contribution in [0.15, 0.2) is 34.8 Å². The summed E-state index contributed by atoms with van der Waals surface area (Å²) in [5.74, 6) is 0.620. The fourth-order valence-corrected chi connectivity index (χ4v) is 2.25. The van der Waals surface area contributed by atoms with Gasteiger partial charge in [-0.15, -0.1) is 0 Å². The summed E-state index contributed by atoms with van der Waals surface area (Å²) in [6.45, 7) is 2.40. The fraction of sp³-hybridized carbons (Fsp3) is 0.286. The average molecular weight is 337 g/mol. The Bertz CT molecular complexity index is 609. The third kappa shape index (κ3) is 3.68. The zero-order valence-corrected chi connectivity index (χ0v) is 12.9. The van der Waals surface area contributed by atoms with Crippen LogP contribution in [0, 0.1) is 6.92 Å². The molecule has 2 rings (SSSR count). The maximum Gasteiger partial charge on any atom is 0.225 e.